The average Bonchev–Trinajstić information content (AvgIpc) is 3.56. The number of anilines is 2. The Bertz CT molecular complexity index is 1610. The summed E-state index contributed by atoms with van der Waals surface area (Å²) in [6.45, 7) is 4.67. The first kappa shape index (κ1) is 31.2. The van der Waals surface area contributed by atoms with Crippen molar-refractivity contribution in [2.24, 2.45) is 0 Å². The fraction of sp³-hybridized carbons (Fsp3) is 0.429. The molecule has 16 heteroatoms. The highest BCUT2D eigenvalue weighted by atomic mass is 19.4. The van der Waals surface area contributed by atoms with E-state index in [1.54, 1.807) is 0 Å². The number of rotatable bonds is 1. The van der Waals surface area contributed by atoms with Gasteiger partial charge in [0.2, 0.25) is 0 Å². The molecule has 9 nitrogen and oxygen atoms in total. The summed E-state index contributed by atoms with van der Waals surface area (Å²) in [6, 6.07) is 2.72. The quantitative estimate of drug-likeness (QED) is 0.282. The topological polar surface area (TPSA) is 114 Å². The van der Waals surface area contributed by atoms with Crippen LogP contribution in [0.3, 0.4) is 0 Å². The van der Waals surface area contributed by atoms with E-state index in [1.807, 2.05) is 0 Å². The van der Waals surface area contributed by atoms with Crippen LogP contribution in [0.15, 0.2) is 34.8 Å². The second kappa shape index (κ2) is 10.7. The number of hydrogen-bond donors (Lipinski definition) is 2. The third kappa shape index (κ3) is 5.81. The summed E-state index contributed by atoms with van der Waals surface area (Å²) in [5.74, 6) is -4.43. The maximum absolute atomic E-state index is 14.9. The Morgan fingerprint density at radius 3 is 2.52 bits per heavy atom. The van der Waals surface area contributed by atoms with E-state index in [-0.39, 0.29) is 18.5 Å². The number of carbonyl (C=O) groups excluding carboxylic acids is 1. The lowest BCUT2D eigenvalue weighted by atomic mass is 9.90. The highest BCUT2D eigenvalue weighted by molar-refractivity contribution is 5.90. The monoisotopic (exact) mass is 629 g/mol. The normalized spacial score (nSPS) is 20.5. The van der Waals surface area contributed by atoms with Gasteiger partial charge < -0.3 is 19.2 Å². The maximum Gasteiger partial charge on any atom is 0.430 e. The van der Waals surface area contributed by atoms with Crippen LogP contribution in [-0.2, 0) is 16.5 Å². The maximum atomic E-state index is 14.9. The standard InChI is InChI=1S/C28H26F7N5O4/c1-25(2,3)44-24(41)36-19-13-17(27(30,31)32)21-37-20(19)22-38-39-23(43-22)26(42,28(33,34)35)16-12-14(9-10-18(16)29)6-4-7-15-8-5-11-40(15)21/h4,6,9-10,12-13,15,42H,5,7-8,11H2,1-3H3,(H,36,41)/t15-,26+/m1/s1. The van der Waals surface area contributed by atoms with Crippen LogP contribution in [0, 0.1) is 5.82 Å². The number of aromatic nitrogens is 3. The van der Waals surface area contributed by atoms with Gasteiger partial charge in [-0.05, 0) is 63.8 Å². The van der Waals surface area contributed by atoms with Crippen molar-refractivity contribution in [2.45, 2.75) is 69.6 Å². The molecular weight excluding hydrogens is 603 g/mol. The zero-order valence-corrected chi connectivity index (χ0v) is 23.5. The molecule has 2 atom stereocenters. The molecule has 0 saturated carbocycles. The Balaban J connectivity index is 1.80. The zero-order chi connectivity index (χ0) is 32.2. The SMILES string of the molecule is CC(C)(C)OC(=O)Nc1cc(C(F)(F)F)c2nc1-c1nnc(o1)[C@](O)(C(F)(F)F)c1cc(ccc1F)C=CC[C@@H]1CCCN21. The number of hydrogen-bond acceptors (Lipinski definition) is 8. The van der Waals surface area contributed by atoms with Gasteiger partial charge in [0.15, 0.2) is 5.69 Å². The largest absolute Gasteiger partial charge is 0.444 e. The summed E-state index contributed by atoms with van der Waals surface area (Å²) >= 11 is 0. The Kier molecular flexibility index (Phi) is 7.63. The number of ether oxygens (including phenoxy) is 1. The molecule has 1 aromatic carbocycles. The summed E-state index contributed by atoms with van der Waals surface area (Å²) in [4.78, 5) is 18.1. The number of aliphatic hydroxyl groups is 1. The van der Waals surface area contributed by atoms with Gasteiger partial charge in [0.1, 0.15) is 22.8 Å². The number of nitrogens with zero attached hydrogens (tertiary/aromatic N) is 4. The molecule has 1 saturated heterocycles. The van der Waals surface area contributed by atoms with Crippen LogP contribution >= 0.6 is 0 Å². The molecule has 1 fully saturated rings. The van der Waals surface area contributed by atoms with Crippen LogP contribution in [0.2, 0.25) is 0 Å². The van der Waals surface area contributed by atoms with Crippen LogP contribution in [-0.4, -0.2) is 50.7 Å². The van der Waals surface area contributed by atoms with Crippen molar-refractivity contribution in [3.05, 3.63) is 58.7 Å². The predicted octanol–water partition coefficient (Wildman–Crippen LogP) is 6.82. The minimum absolute atomic E-state index is 0.0711. The lowest BCUT2D eigenvalue weighted by Crippen LogP contribution is -2.44. The first-order valence-corrected chi connectivity index (χ1v) is 13.4. The molecule has 236 valence electrons. The summed E-state index contributed by atoms with van der Waals surface area (Å²) in [5, 5.41) is 20.0. The average molecular weight is 630 g/mol. The van der Waals surface area contributed by atoms with Crippen molar-refractivity contribution in [1.29, 1.82) is 0 Å². The van der Waals surface area contributed by atoms with Gasteiger partial charge in [0.05, 0.1) is 5.69 Å². The van der Waals surface area contributed by atoms with Crippen molar-refractivity contribution >= 4 is 23.7 Å². The molecule has 6 bridgehead atoms. The minimum atomic E-state index is -5.60. The predicted molar refractivity (Wildman–Crippen MR) is 142 cm³/mol. The lowest BCUT2D eigenvalue weighted by Gasteiger charge is -2.29. The molecule has 2 aliphatic rings. The fourth-order valence-electron chi connectivity index (χ4n) is 5.10. The number of carbonyl (C=O) groups is 1. The van der Waals surface area contributed by atoms with E-state index in [4.69, 9.17) is 9.15 Å². The number of benzene rings is 1. The van der Waals surface area contributed by atoms with Crippen molar-refractivity contribution < 1.29 is 49.8 Å². The Morgan fingerprint density at radius 2 is 1.86 bits per heavy atom. The van der Waals surface area contributed by atoms with Crippen molar-refractivity contribution in [1.82, 2.24) is 15.2 Å². The van der Waals surface area contributed by atoms with E-state index in [2.05, 4.69) is 20.5 Å². The van der Waals surface area contributed by atoms with Gasteiger partial charge in [-0.25, -0.2) is 14.2 Å². The second-order valence-corrected chi connectivity index (χ2v) is 11.4. The van der Waals surface area contributed by atoms with Gasteiger partial charge in [-0.1, -0.05) is 18.2 Å². The first-order valence-electron chi connectivity index (χ1n) is 13.4. The van der Waals surface area contributed by atoms with Crippen LogP contribution < -0.4 is 10.2 Å². The van der Waals surface area contributed by atoms with Gasteiger partial charge in [-0.3, -0.25) is 5.32 Å². The van der Waals surface area contributed by atoms with Gasteiger partial charge >= 0.3 is 18.4 Å². The summed E-state index contributed by atoms with van der Waals surface area (Å²) < 4.78 is 112. The second-order valence-electron chi connectivity index (χ2n) is 11.4. The van der Waals surface area contributed by atoms with E-state index in [0.717, 1.165) is 12.1 Å². The highest BCUT2D eigenvalue weighted by Gasteiger charge is 2.61. The summed E-state index contributed by atoms with van der Waals surface area (Å²) in [5.41, 5.74) is -8.96. The third-order valence-electron chi connectivity index (χ3n) is 7.04. The fourth-order valence-corrected chi connectivity index (χ4v) is 5.10. The molecule has 0 spiro atoms. The molecule has 1 amide bonds. The van der Waals surface area contributed by atoms with Crippen LogP contribution in [0.5, 0.6) is 0 Å². The van der Waals surface area contributed by atoms with Crippen LogP contribution in [0.4, 0.5) is 47.0 Å². The molecule has 0 aliphatic carbocycles. The van der Waals surface area contributed by atoms with E-state index >= 15 is 0 Å². The molecule has 2 aliphatic heterocycles. The van der Waals surface area contributed by atoms with Crippen LogP contribution in [0.1, 0.15) is 62.6 Å². The van der Waals surface area contributed by atoms with E-state index in [1.165, 1.54) is 43.9 Å². The van der Waals surface area contributed by atoms with E-state index < -0.39 is 81.6 Å². The molecule has 5 rings (SSSR count). The Hall–Kier alpha value is -4.21. The molecule has 0 radical (unpaired) electrons. The lowest BCUT2D eigenvalue weighted by molar-refractivity contribution is -0.256. The van der Waals surface area contributed by atoms with Gasteiger partial charge in [-0.2, -0.15) is 26.3 Å². The van der Waals surface area contributed by atoms with E-state index in [9.17, 15) is 40.6 Å². The number of alkyl halides is 6. The van der Waals surface area contributed by atoms with Gasteiger partial charge in [0.25, 0.3) is 17.4 Å². The summed E-state index contributed by atoms with van der Waals surface area (Å²) in [7, 11) is 0. The number of pyridine rings is 1. The van der Waals surface area contributed by atoms with Crippen molar-refractivity contribution in [3.63, 3.8) is 0 Å². The minimum Gasteiger partial charge on any atom is -0.444 e. The number of nitrogens with one attached hydrogen (secondary N) is 1. The first-order chi connectivity index (χ1) is 20.4. The Morgan fingerprint density at radius 1 is 1.14 bits per heavy atom. The van der Waals surface area contributed by atoms with E-state index in [0.29, 0.717) is 18.9 Å². The highest BCUT2D eigenvalue weighted by Crippen LogP contribution is 2.47. The molecule has 2 N–H and O–H groups in total. The smallest absolute Gasteiger partial charge is 0.430 e. The third-order valence-corrected chi connectivity index (χ3v) is 7.04. The molecule has 4 heterocycles. The van der Waals surface area contributed by atoms with Gasteiger partial charge in [0, 0.05) is 18.2 Å². The number of fused-ring (bicyclic) bond motifs is 9. The Labute approximate surface area is 245 Å². The number of halogens is 7. The summed E-state index contributed by atoms with van der Waals surface area (Å²) in [6.07, 6.45) is -7.76. The molecule has 0 unspecified atom stereocenters. The zero-order valence-electron chi connectivity index (χ0n) is 23.5. The van der Waals surface area contributed by atoms with Crippen LogP contribution in [0.25, 0.3) is 17.7 Å². The van der Waals surface area contributed by atoms with Gasteiger partial charge in [-0.15, -0.1) is 10.2 Å². The molecule has 3 aromatic rings. The van der Waals surface area contributed by atoms with Crippen molar-refractivity contribution in [2.75, 3.05) is 16.8 Å². The molecular formula is C28H26F7N5O4. The number of amides is 1. The molecule has 44 heavy (non-hydrogen) atoms. The molecule has 2 aromatic heterocycles. The van der Waals surface area contributed by atoms with Crippen molar-refractivity contribution in [3.8, 4) is 11.6 Å².